The van der Waals surface area contributed by atoms with Gasteiger partial charge in [-0.2, -0.15) is 0 Å². The minimum absolute atomic E-state index is 0.200. The molecule has 0 aliphatic heterocycles. The Kier molecular flexibility index (Phi) is 3.41. The van der Waals surface area contributed by atoms with Crippen molar-refractivity contribution >= 4 is 0 Å². The lowest BCUT2D eigenvalue weighted by Gasteiger charge is -2.12. The van der Waals surface area contributed by atoms with Gasteiger partial charge >= 0.3 is 0 Å². The summed E-state index contributed by atoms with van der Waals surface area (Å²) < 4.78 is 18.2. The summed E-state index contributed by atoms with van der Waals surface area (Å²) in [7, 11) is 1.42. The molecular formula is C12H16FNO2. The number of rotatable bonds is 5. The lowest BCUT2D eigenvalue weighted by atomic mass is 10.1. The molecule has 1 atom stereocenters. The minimum atomic E-state index is -0.666. The Morgan fingerprint density at radius 1 is 1.56 bits per heavy atom. The van der Waals surface area contributed by atoms with Crippen LogP contribution in [0.3, 0.4) is 0 Å². The van der Waals surface area contributed by atoms with Crippen molar-refractivity contribution in [3.63, 3.8) is 0 Å². The third-order valence-corrected chi connectivity index (χ3v) is 2.74. The average molecular weight is 225 g/mol. The molecule has 16 heavy (non-hydrogen) atoms. The Bertz CT molecular complexity index is 366. The summed E-state index contributed by atoms with van der Waals surface area (Å²) in [6, 6.07) is 5.07. The third-order valence-electron chi connectivity index (χ3n) is 2.74. The first-order valence-electron chi connectivity index (χ1n) is 5.45. The number of hydrogen-bond donors (Lipinski definition) is 2. The second-order valence-electron chi connectivity index (χ2n) is 4.09. The van der Waals surface area contributed by atoms with E-state index in [2.05, 4.69) is 5.32 Å². The zero-order valence-electron chi connectivity index (χ0n) is 9.24. The molecule has 0 amide bonds. The van der Waals surface area contributed by atoms with Crippen LogP contribution in [0.2, 0.25) is 0 Å². The van der Waals surface area contributed by atoms with Crippen LogP contribution in [0.1, 0.15) is 24.5 Å². The SMILES string of the molecule is COc1ccc(C(O)CNC2CC2)cc1F. The van der Waals surface area contributed by atoms with Crippen LogP contribution in [-0.2, 0) is 0 Å². The number of benzene rings is 1. The molecule has 1 aliphatic carbocycles. The van der Waals surface area contributed by atoms with E-state index in [1.165, 1.54) is 32.1 Å². The van der Waals surface area contributed by atoms with Crippen molar-refractivity contribution in [2.75, 3.05) is 13.7 Å². The molecular weight excluding hydrogens is 209 g/mol. The molecule has 1 fully saturated rings. The second-order valence-corrected chi connectivity index (χ2v) is 4.09. The zero-order chi connectivity index (χ0) is 11.5. The number of nitrogens with one attached hydrogen (secondary N) is 1. The molecule has 0 spiro atoms. The standard InChI is InChI=1S/C12H16FNO2/c1-16-12-5-2-8(6-10(12)13)11(15)7-14-9-3-4-9/h2,5-6,9,11,14-15H,3-4,7H2,1H3. The Hall–Kier alpha value is -1.13. The lowest BCUT2D eigenvalue weighted by molar-refractivity contribution is 0.173. The van der Waals surface area contributed by atoms with Crippen molar-refractivity contribution < 1.29 is 14.2 Å². The van der Waals surface area contributed by atoms with Gasteiger partial charge in [0.05, 0.1) is 13.2 Å². The van der Waals surface area contributed by atoms with Gasteiger partial charge in [0.25, 0.3) is 0 Å². The largest absolute Gasteiger partial charge is 0.494 e. The van der Waals surface area contributed by atoms with E-state index in [4.69, 9.17) is 4.74 Å². The molecule has 88 valence electrons. The van der Waals surface area contributed by atoms with Gasteiger partial charge in [-0.05, 0) is 30.5 Å². The first-order chi connectivity index (χ1) is 7.70. The van der Waals surface area contributed by atoms with E-state index >= 15 is 0 Å². The molecule has 1 unspecified atom stereocenters. The van der Waals surface area contributed by atoms with Crippen LogP contribution in [0.4, 0.5) is 4.39 Å². The quantitative estimate of drug-likeness (QED) is 0.800. The first-order valence-corrected chi connectivity index (χ1v) is 5.45. The molecule has 0 aromatic heterocycles. The molecule has 0 bridgehead atoms. The van der Waals surface area contributed by atoms with E-state index in [9.17, 15) is 9.50 Å². The molecule has 4 heteroatoms. The van der Waals surface area contributed by atoms with Crippen molar-refractivity contribution in [1.29, 1.82) is 0 Å². The molecule has 0 heterocycles. The zero-order valence-corrected chi connectivity index (χ0v) is 9.24. The summed E-state index contributed by atoms with van der Waals surface area (Å²) in [5.74, 6) is -0.239. The van der Waals surface area contributed by atoms with Gasteiger partial charge in [-0.25, -0.2) is 4.39 Å². The number of halogens is 1. The van der Waals surface area contributed by atoms with Gasteiger partial charge in [-0.15, -0.1) is 0 Å². The fraction of sp³-hybridized carbons (Fsp3) is 0.500. The number of methoxy groups -OCH3 is 1. The number of hydrogen-bond acceptors (Lipinski definition) is 3. The fourth-order valence-corrected chi connectivity index (χ4v) is 1.57. The smallest absolute Gasteiger partial charge is 0.165 e. The summed E-state index contributed by atoms with van der Waals surface area (Å²) in [4.78, 5) is 0. The van der Waals surface area contributed by atoms with Gasteiger partial charge in [-0.3, -0.25) is 0 Å². The lowest BCUT2D eigenvalue weighted by Crippen LogP contribution is -2.23. The van der Waals surface area contributed by atoms with E-state index in [0.29, 0.717) is 18.2 Å². The maximum Gasteiger partial charge on any atom is 0.165 e. The van der Waals surface area contributed by atoms with Crippen LogP contribution in [0.5, 0.6) is 5.75 Å². The van der Waals surface area contributed by atoms with Crippen molar-refractivity contribution in [3.8, 4) is 5.75 Å². The summed E-state index contributed by atoms with van der Waals surface area (Å²) in [5.41, 5.74) is 0.575. The van der Waals surface area contributed by atoms with Gasteiger partial charge in [0.2, 0.25) is 0 Å². The van der Waals surface area contributed by atoms with Crippen LogP contribution < -0.4 is 10.1 Å². The molecule has 1 aliphatic rings. The minimum Gasteiger partial charge on any atom is -0.494 e. The van der Waals surface area contributed by atoms with E-state index < -0.39 is 11.9 Å². The molecule has 1 saturated carbocycles. The highest BCUT2D eigenvalue weighted by Gasteiger charge is 2.21. The molecule has 1 aromatic rings. The highest BCUT2D eigenvalue weighted by atomic mass is 19.1. The average Bonchev–Trinajstić information content (AvgIpc) is 3.09. The molecule has 1 aromatic carbocycles. The molecule has 2 N–H and O–H groups in total. The topological polar surface area (TPSA) is 41.5 Å². The first kappa shape index (κ1) is 11.4. The highest BCUT2D eigenvalue weighted by molar-refractivity contribution is 5.30. The molecule has 0 saturated heterocycles. The van der Waals surface area contributed by atoms with Gasteiger partial charge in [0, 0.05) is 12.6 Å². The maximum absolute atomic E-state index is 13.4. The number of ether oxygens (including phenoxy) is 1. The van der Waals surface area contributed by atoms with Crippen LogP contribution in [0.15, 0.2) is 18.2 Å². The number of aliphatic hydroxyl groups is 1. The summed E-state index contributed by atoms with van der Waals surface area (Å²) in [5, 5.41) is 13.0. The highest BCUT2D eigenvalue weighted by Crippen LogP contribution is 2.23. The van der Waals surface area contributed by atoms with Crippen LogP contribution in [-0.4, -0.2) is 24.8 Å². The maximum atomic E-state index is 13.4. The van der Waals surface area contributed by atoms with E-state index in [0.717, 1.165) is 0 Å². The Labute approximate surface area is 94.2 Å². The summed E-state index contributed by atoms with van der Waals surface area (Å²) in [6.45, 7) is 0.469. The Morgan fingerprint density at radius 2 is 2.31 bits per heavy atom. The van der Waals surface area contributed by atoms with Gasteiger partial charge in [0.15, 0.2) is 11.6 Å². The second kappa shape index (κ2) is 4.80. The summed E-state index contributed by atoms with van der Waals surface area (Å²) in [6.07, 6.45) is 1.67. The van der Waals surface area contributed by atoms with Crippen LogP contribution in [0.25, 0.3) is 0 Å². The predicted molar refractivity (Wildman–Crippen MR) is 58.9 cm³/mol. The predicted octanol–water partition coefficient (Wildman–Crippen LogP) is 1.62. The normalized spacial score (nSPS) is 17.2. The molecule has 0 radical (unpaired) electrons. The van der Waals surface area contributed by atoms with Crippen molar-refractivity contribution in [3.05, 3.63) is 29.6 Å². The van der Waals surface area contributed by atoms with E-state index in [1.807, 2.05) is 0 Å². The van der Waals surface area contributed by atoms with Crippen LogP contribution in [0, 0.1) is 5.82 Å². The van der Waals surface area contributed by atoms with Crippen LogP contribution >= 0.6 is 0 Å². The van der Waals surface area contributed by atoms with E-state index in [1.54, 1.807) is 6.07 Å². The van der Waals surface area contributed by atoms with E-state index in [-0.39, 0.29) is 5.75 Å². The van der Waals surface area contributed by atoms with Gasteiger partial charge in [-0.1, -0.05) is 6.07 Å². The summed E-state index contributed by atoms with van der Waals surface area (Å²) >= 11 is 0. The Morgan fingerprint density at radius 3 is 2.88 bits per heavy atom. The fourth-order valence-electron chi connectivity index (χ4n) is 1.57. The van der Waals surface area contributed by atoms with Crippen molar-refractivity contribution in [1.82, 2.24) is 5.32 Å². The monoisotopic (exact) mass is 225 g/mol. The molecule has 2 rings (SSSR count). The number of aliphatic hydroxyl groups excluding tert-OH is 1. The van der Waals surface area contributed by atoms with Crippen molar-refractivity contribution in [2.24, 2.45) is 0 Å². The van der Waals surface area contributed by atoms with Crippen molar-refractivity contribution in [2.45, 2.75) is 25.0 Å². The Balaban J connectivity index is 1.98. The third kappa shape index (κ3) is 2.71. The molecule has 3 nitrogen and oxygen atoms in total. The van der Waals surface area contributed by atoms with Gasteiger partial charge in [0.1, 0.15) is 0 Å². The van der Waals surface area contributed by atoms with Gasteiger partial charge < -0.3 is 15.2 Å².